The largest absolute Gasteiger partial charge is 0.478 e. The number of hydrogen-bond acceptors (Lipinski definition) is 5. The second-order valence-electron chi connectivity index (χ2n) is 4.33. The summed E-state index contributed by atoms with van der Waals surface area (Å²) in [6.07, 6.45) is 0. The van der Waals surface area contributed by atoms with E-state index in [4.69, 9.17) is 0 Å². The molecule has 23 heavy (non-hydrogen) atoms. The first-order valence-corrected chi connectivity index (χ1v) is 6.15. The minimum atomic E-state index is -1.56. The molecule has 0 aromatic heterocycles. The molecule has 2 rings (SSSR count). The Hall–Kier alpha value is -3.77. The Morgan fingerprint density at radius 1 is 0.739 bits per heavy atom. The fourth-order valence-corrected chi connectivity index (χ4v) is 2.27. The number of rotatable bonds is 2. The number of hydrogen-bond donors (Lipinski definition) is 1. The summed E-state index contributed by atoms with van der Waals surface area (Å²) in [7, 11) is 0. The lowest BCUT2D eigenvalue weighted by atomic mass is 9.94. The third-order valence-electron chi connectivity index (χ3n) is 3.18. The highest BCUT2D eigenvalue weighted by Crippen LogP contribution is 2.15. The first-order chi connectivity index (χ1) is 11.1. The smallest absolute Gasteiger partial charge is 0.337 e. The predicted molar refractivity (Wildman–Crippen MR) is 76.5 cm³/mol. The van der Waals surface area contributed by atoms with Crippen molar-refractivity contribution in [2.24, 2.45) is 0 Å². The van der Waals surface area contributed by atoms with Gasteiger partial charge in [-0.15, -0.1) is 0 Å². The van der Waals surface area contributed by atoms with E-state index in [1.165, 1.54) is 35.9 Å². The normalized spacial score (nSPS) is 9.22. The average molecular weight is 306 g/mol. The predicted octanol–water partition coefficient (Wildman–Crippen LogP) is -2.94. The van der Waals surface area contributed by atoms with Crippen molar-refractivity contribution in [1.82, 2.24) is 0 Å². The van der Waals surface area contributed by atoms with Gasteiger partial charge in [-0.1, -0.05) is 30.3 Å². The molecule has 0 saturated heterocycles. The summed E-state index contributed by atoms with van der Waals surface area (Å²) in [6, 6.07) is 7.77. The van der Waals surface area contributed by atoms with E-state index < -0.39 is 32.4 Å². The van der Waals surface area contributed by atoms with Crippen LogP contribution in [0.1, 0.15) is 10.4 Å². The summed E-state index contributed by atoms with van der Waals surface area (Å²) in [6.45, 7) is 0. The highest BCUT2D eigenvalue weighted by molar-refractivity contribution is 5.98. The molecule has 0 heterocycles. The van der Waals surface area contributed by atoms with E-state index in [0.717, 1.165) is 0 Å². The van der Waals surface area contributed by atoms with Crippen molar-refractivity contribution in [2.45, 2.75) is 0 Å². The van der Waals surface area contributed by atoms with E-state index in [1.807, 2.05) is 0 Å². The molecule has 0 saturated carbocycles. The second-order valence-corrected chi connectivity index (χ2v) is 4.33. The van der Waals surface area contributed by atoms with Crippen LogP contribution in [0.3, 0.4) is 0 Å². The quantitative estimate of drug-likeness (QED) is 0.636. The monoisotopic (exact) mass is 306 g/mol. The van der Waals surface area contributed by atoms with Gasteiger partial charge in [0.2, 0.25) is 0 Å². The molecule has 0 atom stereocenters. The van der Waals surface area contributed by atoms with Crippen molar-refractivity contribution >= 4 is 29.7 Å². The number of carbonyl (C=O) groups is 1. The van der Waals surface area contributed by atoms with E-state index in [-0.39, 0.29) is 11.1 Å². The molecule has 2 aromatic carbocycles. The summed E-state index contributed by atoms with van der Waals surface area (Å²) in [5.41, 5.74) is -0.570. The van der Waals surface area contributed by atoms with E-state index >= 15 is 0 Å². The molecule has 0 spiro atoms. The molecule has 6 heteroatoms. The van der Waals surface area contributed by atoms with Crippen LogP contribution in [0.5, 0.6) is 0 Å². The van der Waals surface area contributed by atoms with Crippen LogP contribution in [0.4, 0.5) is 0 Å². The fraction of sp³-hybridized carbons (Fsp3) is 0. The van der Waals surface area contributed by atoms with Gasteiger partial charge in [-0.25, -0.2) is 24.0 Å². The van der Waals surface area contributed by atoms with Crippen LogP contribution in [0.2, 0.25) is 0 Å². The van der Waals surface area contributed by atoms with Crippen molar-refractivity contribution < 1.29 is 29.1 Å². The molecule has 6 nitrogen and oxygen atoms in total. The number of aromatic carboxylic acids is 1. The molecule has 1 N–H and O–H groups in total. The third-order valence-corrected chi connectivity index (χ3v) is 3.18. The number of carboxylic acids is 1. The van der Waals surface area contributed by atoms with Crippen molar-refractivity contribution in [3.8, 4) is 11.1 Å². The maximum Gasteiger partial charge on any atom is 0.337 e. The number of benzene rings is 2. The van der Waals surface area contributed by atoms with Gasteiger partial charge in [-0.05, 0) is 5.56 Å². The van der Waals surface area contributed by atoms with Crippen LogP contribution in [-0.4, -0.2) is 34.8 Å². The van der Waals surface area contributed by atoms with Gasteiger partial charge in [0.1, 0.15) is 23.8 Å². The maximum atomic E-state index is 11.6. The molecule has 0 bridgehead atoms. The highest BCUT2D eigenvalue weighted by Gasteiger charge is 2.20. The van der Waals surface area contributed by atoms with Crippen molar-refractivity contribution in [3.63, 3.8) is 0 Å². The SMILES string of the molecule is O=C=c1c(C(=O)O)c(-c2ccccc2)c(=C=O)c(=C=O)c1=C=O. The first-order valence-electron chi connectivity index (χ1n) is 6.15. The molecule has 0 aliphatic rings. The topological polar surface area (TPSA) is 106 Å². The van der Waals surface area contributed by atoms with Gasteiger partial charge in [0.25, 0.3) is 0 Å². The van der Waals surface area contributed by atoms with Crippen LogP contribution in [0.25, 0.3) is 11.1 Å². The molecule has 110 valence electrons. The van der Waals surface area contributed by atoms with E-state index in [0.29, 0.717) is 0 Å². The van der Waals surface area contributed by atoms with E-state index in [1.54, 1.807) is 18.2 Å². The maximum absolute atomic E-state index is 11.6. The van der Waals surface area contributed by atoms with Gasteiger partial charge in [0.15, 0.2) is 0 Å². The first kappa shape index (κ1) is 15.6. The lowest BCUT2D eigenvalue weighted by Gasteiger charge is -2.06. The zero-order chi connectivity index (χ0) is 17.0. The zero-order valence-electron chi connectivity index (χ0n) is 11.4. The van der Waals surface area contributed by atoms with Crippen LogP contribution in [0.15, 0.2) is 30.3 Å². The lowest BCUT2D eigenvalue weighted by Crippen LogP contribution is -2.54. The molecule has 0 fully saturated rings. The Kier molecular flexibility index (Phi) is 4.30. The molecule has 0 aliphatic carbocycles. The number of carbonyl (C=O) groups excluding carboxylic acids is 4. The van der Waals surface area contributed by atoms with E-state index in [9.17, 15) is 29.1 Å². The molecule has 0 radical (unpaired) electrons. The van der Waals surface area contributed by atoms with Gasteiger partial charge in [-0.2, -0.15) is 0 Å². The van der Waals surface area contributed by atoms with Crippen molar-refractivity contribution in [1.29, 1.82) is 0 Å². The standard InChI is InChI=1S/C17H6O6/c18-6-11-12(7-19)14(9-21)16(17(22)23)15(13(11)8-20)10-4-2-1-3-5-10/h1-5H,(H,22,23). The van der Waals surface area contributed by atoms with Crippen LogP contribution in [0, 0.1) is 0 Å². The van der Waals surface area contributed by atoms with Gasteiger partial charge >= 0.3 is 5.97 Å². The summed E-state index contributed by atoms with van der Waals surface area (Å²) in [5.74, 6) is 3.89. The second kappa shape index (κ2) is 6.33. The molecule has 0 amide bonds. The highest BCUT2D eigenvalue weighted by atomic mass is 16.4. The minimum absolute atomic E-state index is 0.205. The molecule has 2 aromatic rings. The molecule has 0 unspecified atom stereocenters. The van der Waals surface area contributed by atoms with Gasteiger partial charge < -0.3 is 5.11 Å². The lowest BCUT2D eigenvalue weighted by molar-refractivity contribution is 0.0696. The molecular formula is C17H6O6. The van der Waals surface area contributed by atoms with Crippen LogP contribution in [-0.2, 0) is 19.2 Å². The van der Waals surface area contributed by atoms with Crippen LogP contribution < -0.4 is 20.9 Å². The summed E-state index contributed by atoms with van der Waals surface area (Å²) in [5, 5.41) is 7.02. The van der Waals surface area contributed by atoms with Gasteiger partial charge in [0, 0.05) is 5.56 Å². The Balaban J connectivity index is 3.47. The van der Waals surface area contributed by atoms with E-state index in [2.05, 4.69) is 0 Å². The Morgan fingerprint density at radius 3 is 1.65 bits per heavy atom. The molecular weight excluding hydrogens is 300 g/mol. The third kappa shape index (κ3) is 2.45. The average Bonchev–Trinajstić information content (AvgIpc) is 2.59. The van der Waals surface area contributed by atoms with Gasteiger partial charge in [0.05, 0.1) is 26.4 Å². The van der Waals surface area contributed by atoms with Crippen molar-refractivity contribution in [3.05, 3.63) is 56.8 Å². The minimum Gasteiger partial charge on any atom is -0.478 e. The number of carboxylic acid groups (broad SMARTS) is 1. The van der Waals surface area contributed by atoms with Gasteiger partial charge in [-0.3, -0.25) is 0 Å². The fourth-order valence-electron chi connectivity index (χ4n) is 2.27. The Bertz CT molecular complexity index is 1140. The summed E-state index contributed by atoms with van der Waals surface area (Å²) in [4.78, 5) is 56.2. The van der Waals surface area contributed by atoms with Crippen LogP contribution >= 0.6 is 0 Å². The Morgan fingerprint density at radius 2 is 1.22 bits per heavy atom. The van der Waals surface area contributed by atoms with Crippen molar-refractivity contribution in [2.75, 3.05) is 0 Å². The summed E-state index contributed by atoms with van der Waals surface area (Å²) >= 11 is 0. The summed E-state index contributed by atoms with van der Waals surface area (Å²) < 4.78 is 0. The Labute approximate surface area is 127 Å². The molecule has 0 aliphatic heterocycles. The zero-order valence-corrected chi connectivity index (χ0v) is 11.4.